The molecule has 0 aromatic carbocycles. The summed E-state index contributed by atoms with van der Waals surface area (Å²) in [5, 5.41) is 0. The van der Waals surface area contributed by atoms with Crippen molar-refractivity contribution in [3.63, 3.8) is 0 Å². The molecule has 0 saturated heterocycles. The molecule has 3 heterocycles. The fraction of sp³-hybridized carbons (Fsp3) is 0.478. The summed E-state index contributed by atoms with van der Waals surface area (Å²) in [5.74, 6) is -0.0348. The third-order valence-electron chi connectivity index (χ3n) is 5.26. The molecule has 1 amide bonds. The minimum Gasteiger partial charge on any atom is -0.492 e. The number of amides is 1. The Morgan fingerprint density at radius 2 is 2.00 bits per heavy atom. The molecular weight excluding hydrogens is 398 g/mol. The third-order valence-corrected chi connectivity index (χ3v) is 5.26. The highest BCUT2D eigenvalue weighted by Gasteiger charge is 2.27. The van der Waals surface area contributed by atoms with Gasteiger partial charge in [-0.25, -0.2) is 4.79 Å². The molecule has 2 aromatic heterocycles. The largest absolute Gasteiger partial charge is 0.492 e. The molecule has 0 atom stereocenters. The molecule has 0 fully saturated rings. The molecule has 2 aromatic rings. The van der Waals surface area contributed by atoms with Gasteiger partial charge in [-0.05, 0) is 18.1 Å². The summed E-state index contributed by atoms with van der Waals surface area (Å²) < 4.78 is 12.4. The number of rotatable bonds is 7. The van der Waals surface area contributed by atoms with Crippen LogP contribution in [0.1, 0.15) is 42.0 Å². The van der Waals surface area contributed by atoms with Crippen molar-refractivity contribution in [1.29, 1.82) is 0 Å². The lowest BCUT2D eigenvalue weighted by Crippen LogP contribution is -2.34. The van der Waals surface area contributed by atoms with Gasteiger partial charge in [0, 0.05) is 62.5 Å². The van der Waals surface area contributed by atoms with E-state index < -0.39 is 5.97 Å². The monoisotopic (exact) mass is 427 g/mol. The van der Waals surface area contributed by atoms with Crippen molar-refractivity contribution in [3.05, 3.63) is 57.8 Å². The lowest BCUT2D eigenvalue weighted by Gasteiger charge is -2.20. The van der Waals surface area contributed by atoms with Crippen LogP contribution in [0.2, 0.25) is 0 Å². The lowest BCUT2D eigenvalue weighted by molar-refractivity contribution is -0.131. The molecule has 3 rings (SSSR count). The van der Waals surface area contributed by atoms with E-state index >= 15 is 0 Å². The van der Waals surface area contributed by atoms with E-state index in [0.29, 0.717) is 44.6 Å². The normalized spacial score (nSPS) is 13.5. The molecule has 8 heteroatoms. The van der Waals surface area contributed by atoms with Crippen LogP contribution in [-0.2, 0) is 28.9 Å². The van der Waals surface area contributed by atoms with E-state index in [-0.39, 0.29) is 35.3 Å². The van der Waals surface area contributed by atoms with Gasteiger partial charge in [0.2, 0.25) is 5.91 Å². The Balaban J connectivity index is 1.85. The number of methoxy groups -OCH3 is 1. The van der Waals surface area contributed by atoms with E-state index in [9.17, 15) is 14.4 Å². The van der Waals surface area contributed by atoms with E-state index in [1.165, 1.54) is 13.2 Å². The standard InChI is InChI=1S/C23H29N3O5/c1-16(2)14-20(27)25-10-7-18-22(23(29)30-3)19(15-21(28)26(18)12-11-25)31-13-8-17-6-4-5-9-24-17/h4-6,9,15-16H,7-8,10-14H2,1-3H3. The molecule has 0 N–H and O–H groups in total. The van der Waals surface area contributed by atoms with Crippen molar-refractivity contribution in [2.75, 3.05) is 26.8 Å². The van der Waals surface area contributed by atoms with Crippen LogP contribution in [-0.4, -0.2) is 53.1 Å². The topological polar surface area (TPSA) is 90.7 Å². The Hall–Kier alpha value is -3.16. The number of esters is 1. The number of fused-ring (bicyclic) bond motifs is 1. The molecule has 0 unspecified atom stereocenters. The summed E-state index contributed by atoms with van der Waals surface area (Å²) in [6, 6.07) is 6.95. The number of aromatic nitrogens is 2. The highest BCUT2D eigenvalue weighted by Crippen LogP contribution is 2.24. The Kier molecular flexibility index (Phi) is 7.44. The Morgan fingerprint density at radius 3 is 2.68 bits per heavy atom. The van der Waals surface area contributed by atoms with Crippen molar-refractivity contribution < 1.29 is 19.1 Å². The number of carbonyl (C=O) groups excluding carboxylic acids is 2. The second-order valence-electron chi connectivity index (χ2n) is 7.96. The molecule has 0 aliphatic carbocycles. The van der Waals surface area contributed by atoms with Crippen LogP contribution in [0.4, 0.5) is 0 Å². The molecule has 0 spiro atoms. The van der Waals surface area contributed by atoms with Crippen molar-refractivity contribution >= 4 is 11.9 Å². The Morgan fingerprint density at radius 1 is 1.19 bits per heavy atom. The van der Waals surface area contributed by atoms with Crippen LogP contribution in [0.5, 0.6) is 5.75 Å². The van der Waals surface area contributed by atoms with Crippen LogP contribution < -0.4 is 10.3 Å². The van der Waals surface area contributed by atoms with Crippen molar-refractivity contribution in [2.24, 2.45) is 5.92 Å². The van der Waals surface area contributed by atoms with E-state index in [4.69, 9.17) is 9.47 Å². The average molecular weight is 428 g/mol. The molecular formula is C23H29N3O5. The van der Waals surface area contributed by atoms with Crippen LogP contribution in [0.15, 0.2) is 35.3 Å². The molecule has 166 valence electrons. The van der Waals surface area contributed by atoms with Crippen LogP contribution >= 0.6 is 0 Å². The van der Waals surface area contributed by atoms with Gasteiger partial charge in [-0.3, -0.25) is 14.6 Å². The van der Waals surface area contributed by atoms with E-state index in [0.717, 1.165) is 5.69 Å². The predicted octanol–water partition coefficient (Wildman–Crippen LogP) is 2.08. The van der Waals surface area contributed by atoms with E-state index in [1.54, 1.807) is 15.7 Å². The molecule has 1 aliphatic rings. The maximum atomic E-state index is 12.8. The molecule has 8 nitrogen and oxygen atoms in total. The maximum Gasteiger partial charge on any atom is 0.343 e. The Bertz CT molecular complexity index is 985. The van der Waals surface area contributed by atoms with Gasteiger partial charge in [-0.2, -0.15) is 0 Å². The number of hydrogen-bond donors (Lipinski definition) is 0. The first-order chi connectivity index (χ1) is 14.9. The van der Waals surface area contributed by atoms with Crippen LogP contribution in [0.25, 0.3) is 0 Å². The summed E-state index contributed by atoms with van der Waals surface area (Å²) in [4.78, 5) is 44.0. The number of pyridine rings is 2. The highest BCUT2D eigenvalue weighted by atomic mass is 16.5. The number of hydrogen-bond acceptors (Lipinski definition) is 6. The number of ether oxygens (including phenoxy) is 2. The number of carbonyl (C=O) groups is 2. The van der Waals surface area contributed by atoms with Gasteiger partial charge in [0.25, 0.3) is 5.56 Å². The minimum absolute atomic E-state index is 0.0577. The molecule has 1 aliphatic heterocycles. The summed E-state index contributed by atoms with van der Waals surface area (Å²) in [6.45, 7) is 5.46. The molecule has 0 bridgehead atoms. The van der Waals surface area contributed by atoms with Crippen molar-refractivity contribution in [3.8, 4) is 5.75 Å². The lowest BCUT2D eigenvalue weighted by atomic mass is 10.1. The first kappa shape index (κ1) is 22.5. The second kappa shape index (κ2) is 10.2. The quantitative estimate of drug-likeness (QED) is 0.629. The summed E-state index contributed by atoms with van der Waals surface area (Å²) in [5.41, 5.74) is 1.40. The van der Waals surface area contributed by atoms with Gasteiger partial charge in [0.15, 0.2) is 0 Å². The van der Waals surface area contributed by atoms with Gasteiger partial charge in [0.05, 0.1) is 13.7 Å². The van der Waals surface area contributed by atoms with Gasteiger partial charge < -0.3 is 18.9 Å². The molecule has 0 radical (unpaired) electrons. The summed E-state index contributed by atoms with van der Waals surface area (Å²) >= 11 is 0. The third kappa shape index (κ3) is 5.51. The highest BCUT2D eigenvalue weighted by molar-refractivity contribution is 5.93. The summed E-state index contributed by atoms with van der Waals surface area (Å²) in [7, 11) is 1.30. The van der Waals surface area contributed by atoms with E-state index in [2.05, 4.69) is 4.98 Å². The zero-order valence-corrected chi connectivity index (χ0v) is 18.3. The van der Waals surface area contributed by atoms with Crippen LogP contribution in [0, 0.1) is 5.92 Å². The van der Waals surface area contributed by atoms with Crippen LogP contribution in [0.3, 0.4) is 0 Å². The zero-order chi connectivity index (χ0) is 22.4. The smallest absolute Gasteiger partial charge is 0.343 e. The predicted molar refractivity (Wildman–Crippen MR) is 115 cm³/mol. The molecule has 0 saturated carbocycles. The van der Waals surface area contributed by atoms with Crippen molar-refractivity contribution in [1.82, 2.24) is 14.5 Å². The van der Waals surface area contributed by atoms with Gasteiger partial charge >= 0.3 is 5.97 Å². The number of nitrogens with zero attached hydrogens (tertiary/aromatic N) is 3. The molecule has 31 heavy (non-hydrogen) atoms. The first-order valence-corrected chi connectivity index (χ1v) is 10.6. The average Bonchev–Trinajstić information content (AvgIpc) is 2.97. The van der Waals surface area contributed by atoms with Crippen molar-refractivity contribution in [2.45, 2.75) is 39.7 Å². The second-order valence-corrected chi connectivity index (χ2v) is 7.96. The maximum absolute atomic E-state index is 12.8. The van der Waals surface area contributed by atoms with E-state index in [1.807, 2.05) is 32.0 Å². The van der Waals surface area contributed by atoms with Gasteiger partial charge in [-0.1, -0.05) is 19.9 Å². The van der Waals surface area contributed by atoms with Gasteiger partial charge in [-0.15, -0.1) is 0 Å². The Labute approximate surface area is 181 Å². The fourth-order valence-corrected chi connectivity index (χ4v) is 3.72. The summed E-state index contributed by atoms with van der Waals surface area (Å²) in [6.07, 6.45) is 3.08. The van der Waals surface area contributed by atoms with Gasteiger partial charge in [0.1, 0.15) is 11.3 Å². The SMILES string of the molecule is COC(=O)c1c(OCCc2ccccn2)cc(=O)n2c1CCN(C(=O)CC(C)C)CC2. The minimum atomic E-state index is -0.557. The first-order valence-electron chi connectivity index (χ1n) is 10.6. The zero-order valence-electron chi connectivity index (χ0n) is 18.3. The fourth-order valence-electron chi connectivity index (χ4n) is 3.72.